The molecule has 1 saturated carbocycles. The van der Waals surface area contributed by atoms with Crippen LogP contribution < -0.4 is 21.3 Å². The van der Waals surface area contributed by atoms with Crippen molar-refractivity contribution in [2.45, 2.75) is 38.1 Å². The van der Waals surface area contributed by atoms with E-state index in [1.807, 2.05) is 36.4 Å². The van der Waals surface area contributed by atoms with E-state index in [0.717, 1.165) is 48.2 Å². The van der Waals surface area contributed by atoms with Crippen LogP contribution in [0.25, 0.3) is 22.5 Å². The van der Waals surface area contributed by atoms with Crippen molar-refractivity contribution in [3.63, 3.8) is 0 Å². The zero-order chi connectivity index (χ0) is 32.0. The molecule has 47 heavy (non-hydrogen) atoms. The standard InChI is InChI=1S/C33H38ClN9O3.ClH/c34-32-39-30(40-41-32)23-8-10-27(11-9-23)43(31(45)24-6-4-21(18-35)5-7-24)28(29(36)44)17-22-2-1-3-25(16-22)26-19-37-33(38-20-26)42-12-14-46-15-13-42;/h1-3,8-11,16,19-21,24,28H,4-7,12-15,17-18,35H2,(H2,36,44)(H,39,40,41);1H/t21-,24-,28-;/m0./s1. The van der Waals surface area contributed by atoms with Gasteiger partial charge in [-0.2, -0.15) is 0 Å². The molecule has 4 aromatic rings. The number of primary amides is 1. The maximum absolute atomic E-state index is 14.3. The Hall–Kier alpha value is -4.10. The number of H-pyrrole nitrogens is 1. The first-order chi connectivity index (χ1) is 22.4. The van der Waals surface area contributed by atoms with E-state index in [4.69, 9.17) is 27.8 Å². The van der Waals surface area contributed by atoms with Crippen LogP contribution >= 0.6 is 24.0 Å². The lowest BCUT2D eigenvalue weighted by Crippen LogP contribution is -2.52. The van der Waals surface area contributed by atoms with Crippen molar-refractivity contribution in [3.8, 4) is 22.5 Å². The van der Waals surface area contributed by atoms with Crippen LogP contribution in [0.1, 0.15) is 31.2 Å². The predicted molar refractivity (Wildman–Crippen MR) is 183 cm³/mol. The van der Waals surface area contributed by atoms with Gasteiger partial charge in [-0.1, -0.05) is 24.3 Å². The van der Waals surface area contributed by atoms with Crippen molar-refractivity contribution in [2.24, 2.45) is 23.3 Å². The summed E-state index contributed by atoms with van der Waals surface area (Å²) >= 11 is 5.93. The van der Waals surface area contributed by atoms with E-state index in [-0.39, 0.29) is 35.9 Å². The number of benzene rings is 2. The smallest absolute Gasteiger partial charge is 0.240 e. The van der Waals surface area contributed by atoms with Crippen LogP contribution in [0, 0.1) is 11.8 Å². The van der Waals surface area contributed by atoms with Crippen LogP contribution in [0.3, 0.4) is 0 Å². The van der Waals surface area contributed by atoms with E-state index in [2.05, 4.69) is 30.0 Å². The van der Waals surface area contributed by atoms with Crippen molar-refractivity contribution in [1.82, 2.24) is 25.1 Å². The van der Waals surface area contributed by atoms with Gasteiger partial charge in [0.25, 0.3) is 0 Å². The van der Waals surface area contributed by atoms with Crippen molar-refractivity contribution in [2.75, 3.05) is 42.6 Å². The van der Waals surface area contributed by atoms with Crippen molar-refractivity contribution >= 4 is 47.5 Å². The van der Waals surface area contributed by atoms with Gasteiger partial charge in [-0.3, -0.25) is 14.5 Å². The predicted octanol–water partition coefficient (Wildman–Crippen LogP) is 4.04. The fourth-order valence-electron chi connectivity index (χ4n) is 6.27. The number of ether oxygens (including phenoxy) is 1. The largest absolute Gasteiger partial charge is 0.378 e. The van der Waals surface area contributed by atoms with Crippen molar-refractivity contribution in [1.29, 1.82) is 0 Å². The van der Waals surface area contributed by atoms with Crippen molar-refractivity contribution in [3.05, 3.63) is 71.8 Å². The molecule has 14 heteroatoms. The molecule has 0 unspecified atom stereocenters. The summed E-state index contributed by atoms with van der Waals surface area (Å²) in [5.41, 5.74) is 15.9. The molecule has 1 atom stereocenters. The number of morpholine rings is 1. The lowest BCUT2D eigenvalue weighted by Gasteiger charge is -2.35. The summed E-state index contributed by atoms with van der Waals surface area (Å²) in [5, 5.41) is 8.04. The molecule has 1 aliphatic carbocycles. The molecular weight excluding hydrogens is 641 g/mol. The Morgan fingerprint density at radius 3 is 2.30 bits per heavy atom. The van der Waals surface area contributed by atoms with Crippen LogP contribution in [0.4, 0.5) is 11.6 Å². The van der Waals surface area contributed by atoms with Crippen LogP contribution in [0.15, 0.2) is 60.9 Å². The van der Waals surface area contributed by atoms with Crippen LogP contribution in [0.5, 0.6) is 0 Å². The quantitative estimate of drug-likeness (QED) is 0.224. The fourth-order valence-corrected chi connectivity index (χ4v) is 6.40. The van der Waals surface area contributed by atoms with Crippen LogP contribution in [0.2, 0.25) is 5.28 Å². The Bertz CT molecular complexity index is 1640. The van der Waals surface area contributed by atoms with Gasteiger partial charge in [0.1, 0.15) is 6.04 Å². The van der Waals surface area contributed by atoms with Gasteiger partial charge in [0.15, 0.2) is 5.82 Å². The first kappa shape index (κ1) is 34.2. The number of hydrogen-bond acceptors (Lipinski definition) is 9. The van der Waals surface area contributed by atoms with Gasteiger partial charge in [0, 0.05) is 54.6 Å². The lowest BCUT2D eigenvalue weighted by atomic mass is 9.81. The number of anilines is 2. The molecule has 0 bridgehead atoms. The molecule has 5 N–H and O–H groups in total. The van der Waals surface area contributed by atoms with Crippen molar-refractivity contribution < 1.29 is 14.3 Å². The normalized spacial score (nSPS) is 18.6. The van der Waals surface area contributed by atoms with Gasteiger partial charge in [-0.15, -0.1) is 22.6 Å². The van der Waals surface area contributed by atoms with Gasteiger partial charge in [-0.25, -0.2) is 9.97 Å². The molecule has 3 heterocycles. The highest BCUT2D eigenvalue weighted by Crippen LogP contribution is 2.33. The topological polar surface area (TPSA) is 169 Å². The second-order valence-corrected chi connectivity index (χ2v) is 12.2. The number of rotatable bonds is 10. The summed E-state index contributed by atoms with van der Waals surface area (Å²) < 4.78 is 5.43. The van der Waals surface area contributed by atoms with Gasteiger partial charge in [0.2, 0.25) is 23.0 Å². The van der Waals surface area contributed by atoms with Gasteiger partial charge < -0.3 is 26.1 Å². The van der Waals surface area contributed by atoms with Crippen LogP contribution in [-0.4, -0.2) is 75.9 Å². The number of nitrogens with one attached hydrogen (secondary N) is 1. The third kappa shape index (κ3) is 8.07. The molecule has 2 fully saturated rings. The van der Waals surface area contributed by atoms with E-state index in [1.54, 1.807) is 29.4 Å². The number of carbonyl (C=O) groups is 2. The molecular formula is C33H39Cl2N9O3. The number of carbonyl (C=O) groups excluding carboxylic acids is 2. The summed E-state index contributed by atoms with van der Waals surface area (Å²) in [6.07, 6.45) is 7.03. The number of nitrogens with zero attached hydrogens (tertiary/aromatic N) is 6. The first-order valence-corrected chi connectivity index (χ1v) is 16.0. The third-order valence-corrected chi connectivity index (χ3v) is 9.08. The average molecular weight is 681 g/mol. The van der Waals surface area contributed by atoms with E-state index in [9.17, 15) is 9.59 Å². The molecule has 1 aliphatic heterocycles. The highest BCUT2D eigenvalue weighted by atomic mass is 35.5. The van der Waals surface area contributed by atoms with E-state index < -0.39 is 11.9 Å². The Morgan fingerprint density at radius 1 is 0.979 bits per heavy atom. The number of aromatic nitrogens is 5. The number of amides is 2. The number of nitrogens with two attached hydrogens (primary N) is 2. The fraction of sp³-hybridized carbons (Fsp3) is 0.394. The summed E-state index contributed by atoms with van der Waals surface area (Å²) in [6.45, 7) is 3.43. The summed E-state index contributed by atoms with van der Waals surface area (Å²) in [4.78, 5) is 43.2. The highest BCUT2D eigenvalue weighted by Gasteiger charge is 2.36. The van der Waals surface area contributed by atoms with E-state index in [1.165, 1.54) is 0 Å². The van der Waals surface area contributed by atoms with E-state index >= 15 is 0 Å². The van der Waals surface area contributed by atoms with Crippen LogP contribution in [-0.2, 0) is 20.7 Å². The molecule has 6 rings (SSSR count). The van der Waals surface area contributed by atoms with Gasteiger partial charge in [0.05, 0.1) is 13.2 Å². The second-order valence-electron chi connectivity index (χ2n) is 11.9. The molecule has 0 radical (unpaired) electrons. The number of halogens is 2. The van der Waals surface area contributed by atoms with Gasteiger partial charge in [-0.05, 0) is 85.1 Å². The van der Waals surface area contributed by atoms with Gasteiger partial charge >= 0.3 is 0 Å². The SMILES string of the molecule is Cl.NC[C@H]1CC[C@H](C(=O)N(c2ccc(-c3nnc(Cl)[nH]3)cc2)[C@@H](Cc2cccc(-c3cnc(N4CCOCC4)nc3)c2)C(N)=O)CC1. The maximum atomic E-state index is 14.3. The molecule has 248 valence electrons. The minimum Gasteiger partial charge on any atom is -0.378 e. The monoisotopic (exact) mass is 679 g/mol. The molecule has 2 aliphatic rings. The maximum Gasteiger partial charge on any atom is 0.240 e. The Balaban J connectivity index is 0.00000433. The molecule has 1 saturated heterocycles. The first-order valence-electron chi connectivity index (χ1n) is 15.6. The Morgan fingerprint density at radius 2 is 1.68 bits per heavy atom. The minimum atomic E-state index is -0.916. The summed E-state index contributed by atoms with van der Waals surface area (Å²) in [5.74, 6) is 0.651. The average Bonchev–Trinajstić information content (AvgIpc) is 3.55. The summed E-state index contributed by atoms with van der Waals surface area (Å²) in [7, 11) is 0. The third-order valence-electron chi connectivity index (χ3n) is 8.91. The summed E-state index contributed by atoms with van der Waals surface area (Å²) in [6, 6.07) is 14.2. The zero-order valence-corrected chi connectivity index (χ0v) is 27.5. The minimum absolute atomic E-state index is 0. The van der Waals surface area contributed by atoms with E-state index in [0.29, 0.717) is 56.0 Å². The number of hydrogen-bond donors (Lipinski definition) is 3. The Labute approximate surface area is 284 Å². The molecule has 0 spiro atoms. The highest BCUT2D eigenvalue weighted by molar-refractivity contribution is 6.28. The lowest BCUT2D eigenvalue weighted by molar-refractivity contribution is -0.127. The zero-order valence-electron chi connectivity index (χ0n) is 25.9. The molecule has 2 aromatic carbocycles. The Kier molecular flexibility index (Phi) is 11.4. The molecule has 2 amide bonds. The number of aromatic amines is 1. The second kappa shape index (κ2) is 15.7. The molecule has 12 nitrogen and oxygen atoms in total. The molecule has 2 aromatic heterocycles.